The van der Waals surface area contributed by atoms with Crippen LogP contribution in [0.3, 0.4) is 0 Å². The van der Waals surface area contributed by atoms with Gasteiger partial charge < -0.3 is 15.5 Å². The summed E-state index contributed by atoms with van der Waals surface area (Å²) in [5.74, 6) is 2.50. The lowest BCUT2D eigenvalue weighted by atomic mass is 10.4. The third-order valence-corrected chi connectivity index (χ3v) is 5.70. The van der Waals surface area contributed by atoms with Crippen molar-refractivity contribution in [2.45, 2.75) is 49.1 Å². The molecule has 2 fully saturated rings. The van der Waals surface area contributed by atoms with Gasteiger partial charge in [-0.05, 0) is 32.6 Å². The van der Waals surface area contributed by atoms with Crippen LogP contribution in [-0.2, 0) is 0 Å². The van der Waals surface area contributed by atoms with E-state index in [4.69, 9.17) is 5.73 Å². The van der Waals surface area contributed by atoms with E-state index in [1.54, 1.807) is 11.8 Å². The van der Waals surface area contributed by atoms with Crippen LogP contribution in [-0.4, -0.2) is 56.9 Å². The molecular weight excluding hydrogens is 350 g/mol. The average molecular weight is 376 g/mol. The standard InChI is InChI=1S/C16H25N9S/c1-10(12-18-13(17)20-14(19-12)23(2)3)26-16-22-21-15(24-8-4-5-9-24)25(16)11-6-7-11/h10-11H,4-9H2,1-3H3,(H2,17,18,19,20). The summed E-state index contributed by atoms with van der Waals surface area (Å²) in [6, 6.07) is 0.524. The zero-order chi connectivity index (χ0) is 18.3. The first kappa shape index (κ1) is 17.3. The van der Waals surface area contributed by atoms with Crippen molar-refractivity contribution in [3.05, 3.63) is 5.82 Å². The first-order chi connectivity index (χ1) is 12.5. The number of hydrogen-bond acceptors (Lipinski definition) is 9. The molecule has 140 valence electrons. The van der Waals surface area contributed by atoms with E-state index >= 15 is 0 Å². The molecule has 4 rings (SSSR count). The van der Waals surface area contributed by atoms with Gasteiger partial charge in [-0.1, -0.05) is 11.8 Å². The molecule has 2 aliphatic rings. The molecule has 10 heteroatoms. The van der Waals surface area contributed by atoms with Gasteiger partial charge in [0, 0.05) is 33.2 Å². The van der Waals surface area contributed by atoms with Crippen LogP contribution in [0.1, 0.15) is 49.7 Å². The van der Waals surface area contributed by atoms with Gasteiger partial charge in [0.05, 0.1) is 5.25 Å². The minimum Gasteiger partial charge on any atom is -0.368 e. The molecule has 1 aliphatic heterocycles. The number of hydrogen-bond donors (Lipinski definition) is 1. The van der Waals surface area contributed by atoms with E-state index in [0.29, 0.717) is 17.8 Å². The number of anilines is 3. The van der Waals surface area contributed by atoms with Crippen LogP contribution in [0.15, 0.2) is 5.16 Å². The third-order valence-electron chi connectivity index (χ3n) is 4.65. The van der Waals surface area contributed by atoms with Gasteiger partial charge in [0.1, 0.15) is 5.82 Å². The van der Waals surface area contributed by atoms with Crippen molar-refractivity contribution in [1.29, 1.82) is 0 Å². The molecule has 9 nitrogen and oxygen atoms in total. The molecule has 3 heterocycles. The van der Waals surface area contributed by atoms with Gasteiger partial charge in [-0.2, -0.15) is 15.0 Å². The summed E-state index contributed by atoms with van der Waals surface area (Å²) >= 11 is 1.64. The lowest BCUT2D eigenvalue weighted by Gasteiger charge is -2.19. The van der Waals surface area contributed by atoms with Crippen molar-refractivity contribution in [1.82, 2.24) is 29.7 Å². The molecule has 26 heavy (non-hydrogen) atoms. The van der Waals surface area contributed by atoms with E-state index in [1.807, 2.05) is 19.0 Å². The van der Waals surface area contributed by atoms with E-state index < -0.39 is 0 Å². The highest BCUT2D eigenvalue weighted by Gasteiger charge is 2.33. The van der Waals surface area contributed by atoms with E-state index in [9.17, 15) is 0 Å². The molecule has 1 saturated heterocycles. The van der Waals surface area contributed by atoms with Crippen LogP contribution < -0.4 is 15.5 Å². The highest BCUT2D eigenvalue weighted by atomic mass is 32.2. The van der Waals surface area contributed by atoms with E-state index in [-0.39, 0.29) is 11.2 Å². The Kier molecular flexibility index (Phi) is 4.60. The number of thioether (sulfide) groups is 1. The molecule has 1 aliphatic carbocycles. The van der Waals surface area contributed by atoms with Crippen LogP contribution in [0, 0.1) is 0 Å². The molecule has 0 amide bonds. The first-order valence-electron chi connectivity index (χ1n) is 9.08. The SMILES string of the molecule is CC(Sc1nnc(N2CCCC2)n1C1CC1)c1nc(N)nc(N(C)C)n1. The third kappa shape index (κ3) is 3.42. The molecular formula is C16H25N9S. The van der Waals surface area contributed by atoms with Gasteiger partial charge in [-0.15, -0.1) is 10.2 Å². The Bertz CT molecular complexity index is 780. The summed E-state index contributed by atoms with van der Waals surface area (Å²) < 4.78 is 2.31. The van der Waals surface area contributed by atoms with Gasteiger partial charge in [0.15, 0.2) is 5.16 Å². The van der Waals surface area contributed by atoms with Crippen LogP contribution in [0.4, 0.5) is 17.8 Å². The number of nitrogens with zero attached hydrogens (tertiary/aromatic N) is 8. The Morgan fingerprint density at radius 2 is 1.85 bits per heavy atom. The normalized spacial score (nSPS) is 18.3. The molecule has 0 aromatic carbocycles. The van der Waals surface area contributed by atoms with Gasteiger partial charge >= 0.3 is 0 Å². The lowest BCUT2D eigenvalue weighted by molar-refractivity contribution is 0.650. The van der Waals surface area contributed by atoms with Crippen LogP contribution in [0.25, 0.3) is 0 Å². The number of nitrogens with two attached hydrogens (primary N) is 1. The zero-order valence-electron chi connectivity index (χ0n) is 15.5. The van der Waals surface area contributed by atoms with Crippen molar-refractivity contribution in [2.75, 3.05) is 42.7 Å². The predicted molar refractivity (Wildman–Crippen MR) is 103 cm³/mol. The first-order valence-corrected chi connectivity index (χ1v) is 9.96. The molecule has 0 bridgehead atoms. The minimum atomic E-state index is 0.00660. The second kappa shape index (κ2) is 6.90. The highest BCUT2D eigenvalue weighted by molar-refractivity contribution is 7.99. The van der Waals surface area contributed by atoms with Gasteiger partial charge in [-0.3, -0.25) is 4.57 Å². The van der Waals surface area contributed by atoms with E-state index in [0.717, 1.165) is 24.2 Å². The molecule has 0 spiro atoms. The zero-order valence-corrected chi connectivity index (χ0v) is 16.3. The summed E-state index contributed by atoms with van der Waals surface area (Å²) in [5, 5.41) is 9.93. The average Bonchev–Trinajstić information content (AvgIpc) is 3.14. The maximum Gasteiger partial charge on any atom is 0.229 e. The molecule has 1 atom stereocenters. The Morgan fingerprint density at radius 3 is 2.50 bits per heavy atom. The van der Waals surface area contributed by atoms with Crippen LogP contribution in [0.5, 0.6) is 0 Å². The summed E-state index contributed by atoms with van der Waals surface area (Å²) in [4.78, 5) is 17.2. The topological polar surface area (TPSA) is 102 Å². The van der Waals surface area contributed by atoms with Crippen molar-refractivity contribution in [3.8, 4) is 0 Å². The number of rotatable bonds is 6. The summed E-state index contributed by atoms with van der Waals surface area (Å²) in [6.07, 6.45) is 4.86. The van der Waals surface area contributed by atoms with Gasteiger partial charge in [0.25, 0.3) is 0 Å². The maximum absolute atomic E-state index is 5.87. The Balaban J connectivity index is 1.59. The maximum atomic E-state index is 5.87. The molecule has 1 unspecified atom stereocenters. The fourth-order valence-corrected chi connectivity index (χ4v) is 4.08. The van der Waals surface area contributed by atoms with Crippen molar-refractivity contribution < 1.29 is 0 Å². The summed E-state index contributed by atoms with van der Waals surface area (Å²) in [7, 11) is 3.78. The summed E-state index contributed by atoms with van der Waals surface area (Å²) in [5.41, 5.74) is 5.87. The molecule has 2 aromatic rings. The molecule has 0 radical (unpaired) electrons. The van der Waals surface area contributed by atoms with Gasteiger partial charge in [-0.25, -0.2) is 0 Å². The quantitative estimate of drug-likeness (QED) is 0.758. The second-order valence-corrected chi connectivity index (χ2v) is 8.39. The minimum absolute atomic E-state index is 0.00660. The van der Waals surface area contributed by atoms with Crippen molar-refractivity contribution in [2.24, 2.45) is 0 Å². The van der Waals surface area contributed by atoms with Crippen molar-refractivity contribution >= 4 is 29.6 Å². The summed E-state index contributed by atoms with van der Waals surface area (Å²) in [6.45, 7) is 4.21. The molecule has 2 aromatic heterocycles. The fraction of sp³-hybridized carbons (Fsp3) is 0.688. The number of nitrogen functional groups attached to an aromatic ring is 1. The smallest absolute Gasteiger partial charge is 0.229 e. The molecule has 1 saturated carbocycles. The van der Waals surface area contributed by atoms with Gasteiger partial charge in [0.2, 0.25) is 17.8 Å². The fourth-order valence-electron chi connectivity index (χ4n) is 3.12. The lowest BCUT2D eigenvalue weighted by Crippen LogP contribution is -2.22. The largest absolute Gasteiger partial charge is 0.368 e. The van der Waals surface area contributed by atoms with E-state index in [1.165, 1.54) is 25.7 Å². The Morgan fingerprint density at radius 1 is 1.12 bits per heavy atom. The van der Waals surface area contributed by atoms with Crippen LogP contribution >= 0.6 is 11.8 Å². The monoisotopic (exact) mass is 375 g/mol. The Hall–Kier alpha value is -2.10. The number of aromatic nitrogens is 6. The predicted octanol–water partition coefficient (Wildman–Crippen LogP) is 1.90. The second-order valence-electron chi connectivity index (χ2n) is 7.08. The Labute approximate surface area is 157 Å². The van der Waals surface area contributed by atoms with E-state index in [2.05, 4.69) is 41.5 Å². The van der Waals surface area contributed by atoms with Crippen molar-refractivity contribution in [3.63, 3.8) is 0 Å². The highest BCUT2D eigenvalue weighted by Crippen LogP contribution is 2.43. The van der Waals surface area contributed by atoms with Crippen LogP contribution in [0.2, 0.25) is 0 Å². The molecule has 2 N–H and O–H groups in total.